The van der Waals surface area contributed by atoms with Crippen molar-refractivity contribution in [3.8, 4) is 11.5 Å². The number of aliphatic imine (C=N–C) groups is 1. The summed E-state index contributed by atoms with van der Waals surface area (Å²) in [6.07, 6.45) is 3.09. The molecule has 0 N–H and O–H groups in total. The summed E-state index contributed by atoms with van der Waals surface area (Å²) in [7, 11) is 1.56. The van der Waals surface area contributed by atoms with E-state index < -0.39 is 5.97 Å². The van der Waals surface area contributed by atoms with Gasteiger partial charge in [0.1, 0.15) is 0 Å². The fourth-order valence-electron chi connectivity index (χ4n) is 2.17. The zero-order chi connectivity index (χ0) is 16.2. The summed E-state index contributed by atoms with van der Waals surface area (Å²) in [5.41, 5.74) is 0.855. The summed E-state index contributed by atoms with van der Waals surface area (Å²) in [5, 5.41) is 0. The summed E-state index contributed by atoms with van der Waals surface area (Å²) in [6.45, 7) is 2.35. The molecule has 118 valence electrons. The number of esters is 1. The minimum absolute atomic E-state index is 0.145. The van der Waals surface area contributed by atoms with Crippen LogP contribution in [0.15, 0.2) is 51.7 Å². The number of carbonyl (C=O) groups is 1. The first-order valence-corrected chi connectivity index (χ1v) is 7.09. The first-order chi connectivity index (χ1) is 11.2. The number of hydrogen-bond acceptors (Lipinski definition) is 6. The van der Waals surface area contributed by atoms with E-state index in [0.29, 0.717) is 29.4 Å². The first kappa shape index (κ1) is 14.9. The van der Waals surface area contributed by atoms with Gasteiger partial charge in [0.25, 0.3) is 5.90 Å². The third-order valence-corrected chi connectivity index (χ3v) is 3.16. The molecule has 0 atom stereocenters. The Labute approximate surface area is 133 Å². The normalized spacial score (nSPS) is 15.5. The summed E-state index contributed by atoms with van der Waals surface area (Å²) in [4.78, 5) is 16.2. The van der Waals surface area contributed by atoms with E-state index in [1.165, 1.54) is 6.26 Å². The highest BCUT2D eigenvalue weighted by atomic mass is 16.6. The van der Waals surface area contributed by atoms with Crippen LogP contribution in [0.4, 0.5) is 0 Å². The van der Waals surface area contributed by atoms with Crippen LogP contribution in [0.5, 0.6) is 11.5 Å². The van der Waals surface area contributed by atoms with E-state index in [1.807, 2.05) is 19.1 Å². The van der Waals surface area contributed by atoms with E-state index >= 15 is 0 Å². The quantitative estimate of drug-likeness (QED) is 0.627. The van der Waals surface area contributed by atoms with Crippen molar-refractivity contribution in [3.05, 3.63) is 53.6 Å². The molecule has 2 aromatic rings. The van der Waals surface area contributed by atoms with Crippen LogP contribution in [0.25, 0.3) is 6.08 Å². The average molecular weight is 313 g/mol. The van der Waals surface area contributed by atoms with Gasteiger partial charge in [0, 0.05) is 5.56 Å². The molecule has 0 fully saturated rings. The molecule has 3 rings (SSSR count). The molecule has 0 amide bonds. The maximum absolute atomic E-state index is 12.0. The average Bonchev–Trinajstić information content (AvgIpc) is 3.19. The number of para-hydroxylation sites is 1. The van der Waals surface area contributed by atoms with Crippen molar-refractivity contribution >= 4 is 17.9 Å². The molecule has 1 aliphatic rings. The minimum atomic E-state index is -0.540. The van der Waals surface area contributed by atoms with Crippen LogP contribution in [0.2, 0.25) is 0 Å². The predicted octanol–water partition coefficient (Wildman–Crippen LogP) is 3.03. The zero-order valence-corrected chi connectivity index (χ0v) is 12.7. The predicted molar refractivity (Wildman–Crippen MR) is 83.5 cm³/mol. The Morgan fingerprint density at radius 1 is 1.26 bits per heavy atom. The number of rotatable bonds is 5. The molecule has 23 heavy (non-hydrogen) atoms. The summed E-state index contributed by atoms with van der Waals surface area (Å²) in [6, 6.07) is 8.78. The van der Waals surface area contributed by atoms with Crippen LogP contribution in [0.1, 0.15) is 18.2 Å². The van der Waals surface area contributed by atoms with E-state index in [9.17, 15) is 4.79 Å². The summed E-state index contributed by atoms with van der Waals surface area (Å²) >= 11 is 0. The second-order valence-corrected chi connectivity index (χ2v) is 4.62. The van der Waals surface area contributed by atoms with Gasteiger partial charge in [-0.25, -0.2) is 9.79 Å². The molecule has 0 unspecified atom stereocenters. The molecular formula is C17H15NO5. The van der Waals surface area contributed by atoms with E-state index in [-0.39, 0.29) is 11.6 Å². The highest BCUT2D eigenvalue weighted by Crippen LogP contribution is 2.33. The Balaban J connectivity index is 2.00. The van der Waals surface area contributed by atoms with Gasteiger partial charge in [0.15, 0.2) is 23.0 Å². The van der Waals surface area contributed by atoms with Crippen molar-refractivity contribution < 1.29 is 23.4 Å². The molecule has 0 saturated carbocycles. The van der Waals surface area contributed by atoms with Crippen LogP contribution in [-0.2, 0) is 9.53 Å². The molecule has 0 saturated heterocycles. The van der Waals surface area contributed by atoms with Crippen molar-refractivity contribution in [3.63, 3.8) is 0 Å². The van der Waals surface area contributed by atoms with Gasteiger partial charge in [-0.3, -0.25) is 0 Å². The molecule has 1 aromatic carbocycles. The smallest absolute Gasteiger partial charge is 0.363 e. The minimum Gasteiger partial charge on any atom is -0.493 e. The van der Waals surface area contributed by atoms with E-state index in [1.54, 1.807) is 31.4 Å². The summed E-state index contributed by atoms with van der Waals surface area (Å²) < 4.78 is 21.2. The van der Waals surface area contributed by atoms with Crippen molar-refractivity contribution in [1.82, 2.24) is 0 Å². The summed E-state index contributed by atoms with van der Waals surface area (Å²) in [5.74, 6) is 1.15. The molecule has 6 heteroatoms. The molecule has 0 aliphatic carbocycles. The number of cyclic esters (lactones) is 1. The van der Waals surface area contributed by atoms with E-state index in [4.69, 9.17) is 18.6 Å². The highest BCUT2D eigenvalue weighted by Gasteiger charge is 2.26. The Morgan fingerprint density at radius 3 is 2.83 bits per heavy atom. The largest absolute Gasteiger partial charge is 0.493 e. The fraction of sp³-hybridized carbons (Fsp3) is 0.176. The highest BCUT2D eigenvalue weighted by molar-refractivity contribution is 6.12. The van der Waals surface area contributed by atoms with Gasteiger partial charge in [-0.2, -0.15) is 0 Å². The maximum Gasteiger partial charge on any atom is 0.363 e. The SMILES string of the molecule is CCOc1c(C=C2N=C(c3ccco3)OC2=O)cccc1OC. The molecule has 1 aliphatic heterocycles. The molecular weight excluding hydrogens is 298 g/mol. The Morgan fingerprint density at radius 2 is 2.13 bits per heavy atom. The third-order valence-electron chi connectivity index (χ3n) is 3.16. The number of benzene rings is 1. The number of nitrogens with zero attached hydrogens (tertiary/aromatic N) is 1. The number of carbonyl (C=O) groups excluding carboxylic acids is 1. The second kappa shape index (κ2) is 6.39. The Bertz CT molecular complexity index is 774. The first-order valence-electron chi connectivity index (χ1n) is 7.09. The van der Waals surface area contributed by atoms with Crippen molar-refractivity contribution in [2.45, 2.75) is 6.92 Å². The van der Waals surface area contributed by atoms with Gasteiger partial charge in [-0.15, -0.1) is 0 Å². The van der Waals surface area contributed by atoms with Gasteiger partial charge in [0.2, 0.25) is 0 Å². The van der Waals surface area contributed by atoms with Crippen LogP contribution < -0.4 is 9.47 Å². The lowest BCUT2D eigenvalue weighted by atomic mass is 10.1. The monoisotopic (exact) mass is 313 g/mol. The van der Waals surface area contributed by atoms with Gasteiger partial charge in [-0.1, -0.05) is 12.1 Å². The van der Waals surface area contributed by atoms with Crippen molar-refractivity contribution in [2.24, 2.45) is 4.99 Å². The lowest BCUT2D eigenvalue weighted by Crippen LogP contribution is -2.04. The standard InChI is InChI=1S/C17H15NO5/c1-3-21-15-11(6-4-7-13(15)20-2)10-12-17(19)23-16(18-12)14-8-5-9-22-14/h4-10H,3H2,1-2H3. The Kier molecular flexibility index (Phi) is 4.14. The number of hydrogen-bond donors (Lipinski definition) is 0. The maximum atomic E-state index is 12.0. The molecule has 0 bridgehead atoms. The molecule has 2 heterocycles. The van der Waals surface area contributed by atoms with E-state index in [0.717, 1.165) is 0 Å². The third kappa shape index (κ3) is 2.96. The van der Waals surface area contributed by atoms with Crippen LogP contribution >= 0.6 is 0 Å². The van der Waals surface area contributed by atoms with Crippen LogP contribution in [0, 0.1) is 0 Å². The van der Waals surface area contributed by atoms with Crippen molar-refractivity contribution in [2.75, 3.05) is 13.7 Å². The zero-order valence-electron chi connectivity index (χ0n) is 12.7. The van der Waals surface area contributed by atoms with Crippen LogP contribution in [-0.4, -0.2) is 25.6 Å². The lowest BCUT2D eigenvalue weighted by Gasteiger charge is -2.11. The molecule has 1 aromatic heterocycles. The Hall–Kier alpha value is -3.02. The second-order valence-electron chi connectivity index (χ2n) is 4.62. The fourth-order valence-corrected chi connectivity index (χ4v) is 2.17. The molecule has 0 spiro atoms. The van der Waals surface area contributed by atoms with Crippen LogP contribution in [0.3, 0.4) is 0 Å². The molecule has 0 radical (unpaired) electrons. The van der Waals surface area contributed by atoms with Gasteiger partial charge in [-0.05, 0) is 31.2 Å². The number of furan rings is 1. The van der Waals surface area contributed by atoms with Gasteiger partial charge >= 0.3 is 5.97 Å². The number of methoxy groups -OCH3 is 1. The number of ether oxygens (including phenoxy) is 3. The van der Waals surface area contributed by atoms with Gasteiger partial charge < -0.3 is 18.6 Å². The van der Waals surface area contributed by atoms with Gasteiger partial charge in [0.05, 0.1) is 20.0 Å². The van der Waals surface area contributed by atoms with E-state index in [2.05, 4.69) is 4.99 Å². The molecule has 6 nitrogen and oxygen atoms in total. The topological polar surface area (TPSA) is 70.3 Å². The lowest BCUT2D eigenvalue weighted by molar-refractivity contribution is -0.130. The van der Waals surface area contributed by atoms with Crippen molar-refractivity contribution in [1.29, 1.82) is 0 Å².